The molecule has 1 N–H and O–H groups in total. The Bertz CT molecular complexity index is 880. The van der Waals surface area contributed by atoms with Crippen LogP contribution >= 0.6 is 0 Å². The largest absolute Gasteiger partial charge is 0.345 e. The summed E-state index contributed by atoms with van der Waals surface area (Å²) in [4.78, 5) is 23.2. The van der Waals surface area contributed by atoms with Crippen LogP contribution < -0.4 is 5.32 Å². The summed E-state index contributed by atoms with van der Waals surface area (Å²) in [5.41, 5.74) is 2.46. The Morgan fingerprint density at radius 2 is 2.27 bits per heavy atom. The number of fused-ring (bicyclic) bond motifs is 2. The van der Waals surface area contributed by atoms with Gasteiger partial charge in [0.1, 0.15) is 5.69 Å². The number of aromatic nitrogens is 5. The quantitative estimate of drug-likeness (QED) is 0.726. The Morgan fingerprint density at radius 1 is 1.35 bits per heavy atom. The zero-order valence-corrected chi connectivity index (χ0v) is 14.9. The zero-order valence-electron chi connectivity index (χ0n) is 14.9. The minimum atomic E-state index is -0.217. The average molecular weight is 353 g/mol. The van der Waals surface area contributed by atoms with Gasteiger partial charge in [-0.05, 0) is 25.1 Å². The first-order chi connectivity index (χ1) is 12.7. The molecule has 3 aromatic heterocycles. The van der Waals surface area contributed by atoms with Crippen molar-refractivity contribution in [3.8, 4) is 0 Å². The number of amides is 1. The molecule has 26 heavy (non-hydrogen) atoms. The number of hydrogen-bond donors (Lipinski definition) is 1. The lowest BCUT2D eigenvalue weighted by Gasteiger charge is -2.27. The van der Waals surface area contributed by atoms with Crippen molar-refractivity contribution in [2.24, 2.45) is 0 Å². The molecule has 0 atom stereocenters. The van der Waals surface area contributed by atoms with Gasteiger partial charge in [-0.25, -0.2) is 9.97 Å². The van der Waals surface area contributed by atoms with Crippen LogP contribution in [0.2, 0.25) is 0 Å². The van der Waals surface area contributed by atoms with Crippen LogP contribution in [0.1, 0.15) is 41.6 Å². The third-order valence-corrected chi connectivity index (χ3v) is 4.65. The Kier molecular flexibility index (Phi) is 4.66. The minimum Gasteiger partial charge on any atom is -0.345 e. The number of unbranched alkanes of at least 4 members (excludes halogenated alkanes) is 1. The van der Waals surface area contributed by atoms with E-state index in [1.165, 1.54) is 18.5 Å². The Morgan fingerprint density at radius 3 is 3.12 bits per heavy atom. The maximum Gasteiger partial charge on any atom is 0.271 e. The molecule has 0 unspecified atom stereocenters. The van der Waals surface area contributed by atoms with Gasteiger partial charge >= 0.3 is 0 Å². The molecule has 136 valence electrons. The number of nitrogens with zero attached hydrogens (tertiary/aromatic N) is 6. The second-order valence-electron chi connectivity index (χ2n) is 6.62. The third-order valence-electron chi connectivity index (χ3n) is 4.65. The summed E-state index contributed by atoms with van der Waals surface area (Å²) in [6.45, 7) is 6.62. The van der Waals surface area contributed by atoms with Crippen LogP contribution in [0.4, 0.5) is 0 Å². The molecule has 1 amide bonds. The predicted octanol–water partition coefficient (Wildman–Crippen LogP) is 1.47. The van der Waals surface area contributed by atoms with E-state index in [2.05, 4.69) is 43.0 Å². The van der Waals surface area contributed by atoms with Crippen LogP contribution in [0.15, 0.2) is 30.7 Å². The lowest BCUT2D eigenvalue weighted by atomic mass is 10.2. The molecule has 8 nitrogen and oxygen atoms in total. The molecule has 0 radical (unpaired) electrons. The number of nitrogens with one attached hydrogen (secondary N) is 1. The van der Waals surface area contributed by atoms with E-state index in [0.717, 1.165) is 31.9 Å². The minimum absolute atomic E-state index is 0.217. The monoisotopic (exact) mass is 353 g/mol. The van der Waals surface area contributed by atoms with Crippen molar-refractivity contribution >= 4 is 11.7 Å². The molecule has 0 aliphatic carbocycles. The van der Waals surface area contributed by atoms with Gasteiger partial charge in [0.05, 0.1) is 24.5 Å². The third kappa shape index (κ3) is 3.45. The molecule has 0 saturated heterocycles. The van der Waals surface area contributed by atoms with Crippen molar-refractivity contribution in [1.82, 2.24) is 34.4 Å². The lowest BCUT2D eigenvalue weighted by Crippen LogP contribution is -2.34. The highest BCUT2D eigenvalue weighted by Crippen LogP contribution is 2.14. The van der Waals surface area contributed by atoms with Crippen molar-refractivity contribution in [1.29, 1.82) is 0 Å². The molecule has 4 heterocycles. The van der Waals surface area contributed by atoms with Crippen molar-refractivity contribution in [2.45, 2.75) is 39.4 Å². The molecule has 0 aromatic carbocycles. The van der Waals surface area contributed by atoms with E-state index < -0.39 is 0 Å². The smallest absolute Gasteiger partial charge is 0.271 e. The number of carbonyl (C=O) groups is 1. The predicted molar refractivity (Wildman–Crippen MR) is 96.6 cm³/mol. The Hall–Kier alpha value is -2.74. The highest BCUT2D eigenvalue weighted by Gasteiger charge is 2.18. The molecule has 4 rings (SSSR count). The molecule has 3 aromatic rings. The molecule has 0 saturated carbocycles. The van der Waals surface area contributed by atoms with Crippen molar-refractivity contribution in [3.63, 3.8) is 0 Å². The molecule has 8 heteroatoms. The summed E-state index contributed by atoms with van der Waals surface area (Å²) in [6, 6.07) is 3.89. The van der Waals surface area contributed by atoms with E-state index >= 15 is 0 Å². The van der Waals surface area contributed by atoms with Crippen molar-refractivity contribution < 1.29 is 4.79 Å². The van der Waals surface area contributed by atoms with E-state index in [-0.39, 0.29) is 5.91 Å². The first-order valence-electron chi connectivity index (χ1n) is 9.09. The van der Waals surface area contributed by atoms with Crippen LogP contribution in [0.25, 0.3) is 5.78 Å². The van der Waals surface area contributed by atoms with E-state index in [9.17, 15) is 4.79 Å². The van der Waals surface area contributed by atoms with Crippen LogP contribution in [0, 0.1) is 0 Å². The van der Waals surface area contributed by atoms with Gasteiger partial charge in [0.25, 0.3) is 5.91 Å². The van der Waals surface area contributed by atoms with Gasteiger partial charge in [-0.3, -0.25) is 18.8 Å². The van der Waals surface area contributed by atoms with Crippen LogP contribution in [-0.2, 0) is 19.6 Å². The van der Waals surface area contributed by atoms with E-state index in [1.54, 1.807) is 22.9 Å². The van der Waals surface area contributed by atoms with Crippen LogP contribution in [0.3, 0.4) is 0 Å². The summed E-state index contributed by atoms with van der Waals surface area (Å²) in [7, 11) is 0. The molecular weight excluding hydrogens is 330 g/mol. The highest BCUT2D eigenvalue weighted by molar-refractivity contribution is 5.92. The average Bonchev–Trinajstić information content (AvgIpc) is 3.27. The Balaban J connectivity index is 1.38. The lowest BCUT2D eigenvalue weighted by molar-refractivity contribution is 0.0946. The van der Waals surface area contributed by atoms with Crippen molar-refractivity contribution in [3.05, 3.63) is 47.8 Å². The van der Waals surface area contributed by atoms with Gasteiger partial charge in [0.2, 0.25) is 5.78 Å². The standard InChI is InChI=1S/C18H23N7O/c1-2-3-6-23-8-9-25-15(12-23)10-14(22-25)11-20-17(26)16-13-24-7-4-5-19-18(24)21-16/h4-5,7,10,13H,2-3,6,8-9,11-12H2,1H3,(H,20,26). The fourth-order valence-corrected chi connectivity index (χ4v) is 3.24. The van der Waals surface area contributed by atoms with Gasteiger partial charge in [0.15, 0.2) is 0 Å². The number of carbonyl (C=O) groups excluding carboxylic acids is 1. The maximum absolute atomic E-state index is 12.3. The van der Waals surface area contributed by atoms with Gasteiger partial charge in [-0.2, -0.15) is 5.10 Å². The summed E-state index contributed by atoms with van der Waals surface area (Å²) in [6.07, 6.45) is 7.60. The SMILES string of the molecule is CCCCN1CCn2nc(CNC(=O)c3cn4cccnc4n3)cc2C1. The number of rotatable bonds is 6. The van der Waals surface area contributed by atoms with Crippen LogP contribution in [-0.4, -0.2) is 48.0 Å². The second-order valence-corrected chi connectivity index (χ2v) is 6.62. The number of hydrogen-bond acceptors (Lipinski definition) is 5. The summed E-state index contributed by atoms with van der Waals surface area (Å²) in [5, 5.41) is 7.51. The summed E-state index contributed by atoms with van der Waals surface area (Å²) < 4.78 is 3.79. The molecule has 0 bridgehead atoms. The highest BCUT2D eigenvalue weighted by atomic mass is 16.1. The van der Waals surface area contributed by atoms with E-state index in [0.29, 0.717) is 18.0 Å². The summed E-state index contributed by atoms with van der Waals surface area (Å²) >= 11 is 0. The van der Waals surface area contributed by atoms with Gasteiger partial charge in [-0.15, -0.1) is 0 Å². The first-order valence-corrected chi connectivity index (χ1v) is 9.09. The topological polar surface area (TPSA) is 80.4 Å². The Labute approximate surface area is 151 Å². The first kappa shape index (κ1) is 16.7. The maximum atomic E-state index is 12.3. The number of imidazole rings is 1. The van der Waals surface area contributed by atoms with Crippen molar-refractivity contribution in [2.75, 3.05) is 13.1 Å². The summed E-state index contributed by atoms with van der Waals surface area (Å²) in [5.74, 6) is 0.299. The van der Waals surface area contributed by atoms with E-state index in [4.69, 9.17) is 0 Å². The fraction of sp³-hybridized carbons (Fsp3) is 0.444. The molecule has 1 aliphatic rings. The normalized spacial score (nSPS) is 14.5. The molecule has 0 spiro atoms. The van der Waals surface area contributed by atoms with Gasteiger partial charge < -0.3 is 5.32 Å². The van der Waals surface area contributed by atoms with Crippen LogP contribution in [0.5, 0.6) is 0 Å². The molecular formula is C18H23N7O. The second kappa shape index (κ2) is 7.25. The molecule has 1 aliphatic heterocycles. The zero-order chi connectivity index (χ0) is 17.9. The van der Waals surface area contributed by atoms with Gasteiger partial charge in [-0.1, -0.05) is 13.3 Å². The van der Waals surface area contributed by atoms with E-state index in [1.807, 2.05) is 6.20 Å². The van der Waals surface area contributed by atoms with Gasteiger partial charge in [0, 0.05) is 31.7 Å². The molecule has 0 fully saturated rings. The fourth-order valence-electron chi connectivity index (χ4n) is 3.24.